The fourth-order valence-electron chi connectivity index (χ4n) is 2.91. The van der Waals surface area contributed by atoms with Crippen molar-refractivity contribution in [1.82, 2.24) is 16.2 Å². The highest BCUT2D eigenvalue weighted by Gasteiger charge is 2.34. The summed E-state index contributed by atoms with van der Waals surface area (Å²) in [6, 6.07) is 13.3. The van der Waals surface area contributed by atoms with Gasteiger partial charge in [0.1, 0.15) is 5.82 Å². The fourth-order valence-corrected chi connectivity index (χ4v) is 3.11. The van der Waals surface area contributed by atoms with E-state index in [0.717, 1.165) is 11.1 Å². The third kappa shape index (κ3) is 3.75. The summed E-state index contributed by atoms with van der Waals surface area (Å²) in [5.74, 6) is -0.608. The second kappa shape index (κ2) is 7.30. The Kier molecular flexibility index (Phi) is 5.14. The van der Waals surface area contributed by atoms with Crippen LogP contribution in [0, 0.1) is 11.7 Å². The van der Waals surface area contributed by atoms with Crippen molar-refractivity contribution in [2.45, 2.75) is 19.0 Å². The van der Waals surface area contributed by atoms with E-state index in [1.807, 2.05) is 25.1 Å². The molecule has 0 aromatic heterocycles. The second-order valence-corrected chi connectivity index (χ2v) is 6.38. The summed E-state index contributed by atoms with van der Waals surface area (Å²) in [5.41, 5.74) is 7.99. The summed E-state index contributed by atoms with van der Waals surface area (Å²) in [4.78, 5) is 12.7. The van der Waals surface area contributed by atoms with Gasteiger partial charge in [0.05, 0.1) is 18.0 Å². The molecule has 0 aliphatic carbocycles. The average Bonchev–Trinajstić information content (AvgIpc) is 3.05. The number of hydrogen-bond acceptors (Lipinski definition) is 3. The van der Waals surface area contributed by atoms with E-state index in [9.17, 15) is 9.18 Å². The van der Waals surface area contributed by atoms with Gasteiger partial charge in [-0.05, 0) is 42.3 Å². The van der Waals surface area contributed by atoms with Crippen LogP contribution in [-0.2, 0) is 4.79 Å². The molecular formula is C18H19ClFN3O. The highest BCUT2D eigenvalue weighted by Crippen LogP contribution is 2.27. The summed E-state index contributed by atoms with van der Waals surface area (Å²) in [6.07, 6.45) is 0. The van der Waals surface area contributed by atoms with Crippen molar-refractivity contribution in [2.24, 2.45) is 5.92 Å². The Balaban J connectivity index is 1.70. The van der Waals surface area contributed by atoms with E-state index >= 15 is 0 Å². The highest BCUT2D eigenvalue weighted by molar-refractivity contribution is 6.30. The summed E-state index contributed by atoms with van der Waals surface area (Å²) in [5, 5.41) is 3.64. The Morgan fingerprint density at radius 3 is 2.75 bits per heavy atom. The molecule has 0 saturated carbocycles. The summed E-state index contributed by atoms with van der Waals surface area (Å²) in [6.45, 7) is 2.41. The molecule has 4 nitrogen and oxygen atoms in total. The van der Waals surface area contributed by atoms with Crippen LogP contribution in [0.5, 0.6) is 0 Å². The zero-order chi connectivity index (χ0) is 17.1. The first kappa shape index (κ1) is 16.9. The van der Waals surface area contributed by atoms with E-state index < -0.39 is 0 Å². The molecule has 1 fully saturated rings. The maximum absolute atomic E-state index is 13.0. The average molecular weight is 348 g/mol. The number of carbonyl (C=O) groups excluding carboxylic acids is 1. The first-order chi connectivity index (χ1) is 11.5. The van der Waals surface area contributed by atoms with Crippen LogP contribution in [0.25, 0.3) is 0 Å². The topological polar surface area (TPSA) is 53.2 Å². The minimum absolute atomic E-state index is 0.0608. The monoisotopic (exact) mass is 347 g/mol. The van der Waals surface area contributed by atoms with Gasteiger partial charge < -0.3 is 5.32 Å². The van der Waals surface area contributed by atoms with Gasteiger partial charge in [0.25, 0.3) is 0 Å². The molecule has 1 aliphatic rings. The number of hydrogen-bond donors (Lipinski definition) is 3. The number of halogens is 2. The molecule has 3 atom stereocenters. The van der Waals surface area contributed by atoms with Crippen LogP contribution < -0.4 is 16.2 Å². The molecule has 0 spiro atoms. The van der Waals surface area contributed by atoms with E-state index in [0.29, 0.717) is 11.6 Å². The maximum Gasteiger partial charge on any atom is 0.226 e. The van der Waals surface area contributed by atoms with Gasteiger partial charge in [-0.1, -0.05) is 35.9 Å². The molecule has 3 unspecified atom stereocenters. The Bertz CT molecular complexity index is 722. The lowest BCUT2D eigenvalue weighted by molar-refractivity contribution is -0.125. The quantitative estimate of drug-likeness (QED) is 0.796. The Hall–Kier alpha value is -1.95. The van der Waals surface area contributed by atoms with Crippen molar-refractivity contribution < 1.29 is 9.18 Å². The maximum atomic E-state index is 13.0. The van der Waals surface area contributed by atoms with Crippen LogP contribution in [0.1, 0.15) is 30.1 Å². The SMILES string of the molecule is CC(NC(=O)C1CNNC1c1cccc(Cl)c1)c1ccc(F)cc1. The number of carbonyl (C=O) groups is 1. The summed E-state index contributed by atoms with van der Waals surface area (Å²) < 4.78 is 13.0. The van der Waals surface area contributed by atoms with E-state index in [1.165, 1.54) is 12.1 Å². The van der Waals surface area contributed by atoms with Gasteiger partial charge in [0.15, 0.2) is 0 Å². The molecule has 0 radical (unpaired) electrons. The Labute approximate surface area is 145 Å². The largest absolute Gasteiger partial charge is 0.349 e. The van der Waals surface area contributed by atoms with Crippen molar-refractivity contribution in [2.75, 3.05) is 6.54 Å². The number of rotatable bonds is 4. The van der Waals surface area contributed by atoms with E-state index in [2.05, 4.69) is 16.2 Å². The first-order valence-corrected chi connectivity index (χ1v) is 8.22. The standard InChI is InChI=1S/C18H19ClFN3O/c1-11(12-5-7-15(20)8-6-12)22-18(24)16-10-21-23-17(16)13-3-2-4-14(19)9-13/h2-9,11,16-17,21,23H,10H2,1H3,(H,22,24). The lowest BCUT2D eigenvalue weighted by Crippen LogP contribution is -2.36. The molecule has 24 heavy (non-hydrogen) atoms. The molecule has 1 saturated heterocycles. The van der Waals surface area contributed by atoms with E-state index in [4.69, 9.17) is 11.6 Å². The van der Waals surface area contributed by atoms with Crippen molar-refractivity contribution in [3.63, 3.8) is 0 Å². The van der Waals surface area contributed by atoms with Crippen LogP contribution in [0.4, 0.5) is 4.39 Å². The third-order valence-electron chi connectivity index (χ3n) is 4.26. The minimum atomic E-state index is -0.289. The van der Waals surface area contributed by atoms with Crippen molar-refractivity contribution in [1.29, 1.82) is 0 Å². The predicted octanol–water partition coefficient (Wildman–Crippen LogP) is 3.12. The van der Waals surface area contributed by atoms with Crippen molar-refractivity contribution in [3.8, 4) is 0 Å². The van der Waals surface area contributed by atoms with Crippen LogP contribution in [-0.4, -0.2) is 12.5 Å². The predicted molar refractivity (Wildman–Crippen MR) is 91.8 cm³/mol. The van der Waals surface area contributed by atoms with Crippen molar-refractivity contribution in [3.05, 3.63) is 70.5 Å². The fraction of sp³-hybridized carbons (Fsp3) is 0.278. The van der Waals surface area contributed by atoms with E-state index in [-0.39, 0.29) is 29.7 Å². The highest BCUT2D eigenvalue weighted by atomic mass is 35.5. The number of nitrogens with one attached hydrogen (secondary N) is 3. The molecule has 0 bridgehead atoms. The number of hydrazine groups is 1. The smallest absolute Gasteiger partial charge is 0.226 e. The van der Waals surface area contributed by atoms with Gasteiger partial charge in [0.2, 0.25) is 5.91 Å². The van der Waals surface area contributed by atoms with Crippen LogP contribution in [0.3, 0.4) is 0 Å². The normalized spacial score (nSPS) is 21.5. The molecule has 1 amide bonds. The number of amides is 1. The molecule has 1 heterocycles. The van der Waals surface area contributed by atoms with Gasteiger partial charge in [-0.3, -0.25) is 10.2 Å². The molecule has 1 aliphatic heterocycles. The van der Waals surface area contributed by atoms with Crippen LogP contribution in [0.15, 0.2) is 48.5 Å². The van der Waals surface area contributed by atoms with Gasteiger partial charge in [-0.25, -0.2) is 9.82 Å². The summed E-state index contributed by atoms with van der Waals surface area (Å²) in [7, 11) is 0. The Morgan fingerprint density at radius 1 is 1.29 bits per heavy atom. The lowest BCUT2D eigenvalue weighted by Gasteiger charge is -2.21. The molecule has 2 aromatic rings. The third-order valence-corrected chi connectivity index (χ3v) is 4.49. The molecular weight excluding hydrogens is 329 g/mol. The first-order valence-electron chi connectivity index (χ1n) is 7.84. The van der Waals surface area contributed by atoms with Gasteiger partial charge in [0, 0.05) is 11.6 Å². The molecule has 2 aromatic carbocycles. The zero-order valence-corrected chi connectivity index (χ0v) is 14.0. The molecule has 6 heteroatoms. The number of benzene rings is 2. The molecule has 126 valence electrons. The van der Waals surface area contributed by atoms with Crippen LogP contribution >= 0.6 is 11.6 Å². The lowest BCUT2D eigenvalue weighted by atomic mass is 9.93. The van der Waals surface area contributed by atoms with Gasteiger partial charge in [-0.2, -0.15) is 0 Å². The summed E-state index contributed by atoms with van der Waals surface area (Å²) >= 11 is 6.05. The van der Waals surface area contributed by atoms with Crippen molar-refractivity contribution >= 4 is 17.5 Å². The molecule has 3 N–H and O–H groups in total. The molecule has 3 rings (SSSR count). The zero-order valence-electron chi connectivity index (χ0n) is 13.2. The van der Waals surface area contributed by atoms with E-state index in [1.54, 1.807) is 18.2 Å². The second-order valence-electron chi connectivity index (χ2n) is 5.95. The van der Waals surface area contributed by atoms with Gasteiger partial charge in [-0.15, -0.1) is 0 Å². The minimum Gasteiger partial charge on any atom is -0.349 e. The van der Waals surface area contributed by atoms with Gasteiger partial charge >= 0.3 is 0 Å². The Morgan fingerprint density at radius 2 is 2.04 bits per heavy atom. The van der Waals surface area contributed by atoms with Crippen LogP contribution in [0.2, 0.25) is 5.02 Å².